The summed E-state index contributed by atoms with van der Waals surface area (Å²) in [6, 6.07) is 23.4. The number of nitrogens with zero attached hydrogens (tertiary/aromatic N) is 4. The molecule has 0 radical (unpaired) electrons. The summed E-state index contributed by atoms with van der Waals surface area (Å²) in [5.41, 5.74) is 6.04. The fourth-order valence-electron chi connectivity index (χ4n) is 5.68. The van der Waals surface area contributed by atoms with Crippen LogP contribution in [0, 0.1) is 25.7 Å². The van der Waals surface area contributed by atoms with E-state index in [1.165, 1.54) is 10.0 Å². The maximum Gasteiger partial charge on any atom is 0.256 e. The van der Waals surface area contributed by atoms with E-state index in [1.54, 1.807) is 0 Å². The van der Waals surface area contributed by atoms with Crippen LogP contribution in [0.4, 0.5) is 11.4 Å². The molecule has 0 fully saturated rings. The molecule has 3 aromatic rings. The third-order valence-electron chi connectivity index (χ3n) is 7.84. The van der Waals surface area contributed by atoms with Gasteiger partial charge in [-0.25, -0.2) is 10.0 Å². The largest absolute Gasteiger partial charge is 0.494 e. The van der Waals surface area contributed by atoms with Crippen LogP contribution in [0.2, 0.25) is 0 Å². The molecule has 0 aliphatic carbocycles. The average Bonchev–Trinajstić information content (AvgIpc) is 3.49. The standard InChI is InChI=1S/C34H38N4O3/c1-6-20-41-27-11-9-10-24(21-27)30(31-28(7-2)35-37(33(31)39)25-16-12-22(4)13-17-25)32-29(8-3)36-38(34(32)40)26-18-14-23(5)15-19-26/h9-19,21,30-32H,6-8,20H2,1-5H3. The number of hydrazone groups is 2. The van der Waals surface area contributed by atoms with E-state index in [-0.39, 0.29) is 11.8 Å². The van der Waals surface area contributed by atoms with Crippen molar-refractivity contribution in [3.05, 3.63) is 89.5 Å². The monoisotopic (exact) mass is 550 g/mol. The molecule has 41 heavy (non-hydrogen) atoms. The summed E-state index contributed by atoms with van der Waals surface area (Å²) in [5.74, 6) is -1.28. The first-order valence-corrected chi connectivity index (χ1v) is 14.5. The van der Waals surface area contributed by atoms with Gasteiger partial charge in [0.1, 0.15) is 5.75 Å². The molecule has 2 heterocycles. The SMILES string of the molecule is CCCOc1cccc(C(C2C(=O)N(c3ccc(C)cc3)N=C2CC)C2C(=O)N(c3ccc(C)cc3)N=C2CC)c1. The second kappa shape index (κ2) is 12.1. The number of amides is 2. The van der Waals surface area contributed by atoms with Gasteiger partial charge in [-0.15, -0.1) is 0 Å². The van der Waals surface area contributed by atoms with Gasteiger partial charge < -0.3 is 4.74 Å². The van der Waals surface area contributed by atoms with Gasteiger partial charge >= 0.3 is 0 Å². The summed E-state index contributed by atoms with van der Waals surface area (Å²) in [4.78, 5) is 28.6. The molecule has 5 rings (SSSR count). The summed E-state index contributed by atoms with van der Waals surface area (Å²) >= 11 is 0. The Morgan fingerprint density at radius 2 is 1.22 bits per heavy atom. The van der Waals surface area contributed by atoms with Gasteiger partial charge in [-0.1, -0.05) is 68.3 Å². The third-order valence-corrected chi connectivity index (χ3v) is 7.84. The van der Waals surface area contributed by atoms with Crippen molar-refractivity contribution in [3.63, 3.8) is 0 Å². The van der Waals surface area contributed by atoms with Gasteiger partial charge in [0.15, 0.2) is 0 Å². The number of hydrogen-bond donors (Lipinski definition) is 0. The highest BCUT2D eigenvalue weighted by molar-refractivity contribution is 6.20. The summed E-state index contributed by atoms with van der Waals surface area (Å²) in [5, 5.41) is 12.7. The Kier molecular flexibility index (Phi) is 8.34. The lowest BCUT2D eigenvalue weighted by atomic mass is 9.71. The summed E-state index contributed by atoms with van der Waals surface area (Å²) < 4.78 is 5.98. The molecule has 2 atom stereocenters. The minimum absolute atomic E-state index is 0.132. The fraction of sp³-hybridized carbons (Fsp3) is 0.353. The predicted octanol–water partition coefficient (Wildman–Crippen LogP) is 7.03. The molecule has 0 aromatic heterocycles. The Hall–Kier alpha value is -4.26. The molecule has 2 aliphatic heterocycles. The summed E-state index contributed by atoms with van der Waals surface area (Å²) in [6.45, 7) is 10.7. The van der Waals surface area contributed by atoms with Gasteiger partial charge in [-0.3, -0.25) is 9.59 Å². The van der Waals surface area contributed by atoms with Crippen molar-refractivity contribution in [2.24, 2.45) is 22.0 Å². The molecular weight excluding hydrogens is 512 g/mol. The summed E-state index contributed by atoms with van der Waals surface area (Å²) in [7, 11) is 0. The van der Waals surface area contributed by atoms with Crippen molar-refractivity contribution in [1.82, 2.24) is 0 Å². The highest BCUT2D eigenvalue weighted by Crippen LogP contribution is 2.44. The van der Waals surface area contributed by atoms with E-state index in [2.05, 4.69) is 6.92 Å². The van der Waals surface area contributed by atoms with Crippen LogP contribution >= 0.6 is 0 Å². The molecule has 3 aromatic carbocycles. The van der Waals surface area contributed by atoms with Crippen LogP contribution in [0.5, 0.6) is 5.75 Å². The van der Waals surface area contributed by atoms with Crippen molar-refractivity contribution < 1.29 is 14.3 Å². The first kappa shape index (κ1) is 28.3. The van der Waals surface area contributed by atoms with Crippen LogP contribution in [-0.4, -0.2) is 29.8 Å². The number of carbonyl (C=O) groups is 2. The molecule has 0 saturated carbocycles. The fourth-order valence-corrected chi connectivity index (χ4v) is 5.68. The Bertz CT molecular complexity index is 1390. The van der Waals surface area contributed by atoms with Crippen LogP contribution in [0.3, 0.4) is 0 Å². The highest BCUT2D eigenvalue weighted by atomic mass is 16.5. The van der Waals surface area contributed by atoms with Gasteiger partial charge in [-0.2, -0.15) is 10.2 Å². The summed E-state index contributed by atoms with van der Waals surface area (Å²) in [6.07, 6.45) is 2.05. The number of benzene rings is 3. The van der Waals surface area contributed by atoms with Crippen molar-refractivity contribution in [2.45, 2.75) is 59.8 Å². The second-order valence-corrected chi connectivity index (χ2v) is 10.8. The Morgan fingerprint density at radius 3 is 1.66 bits per heavy atom. The Morgan fingerprint density at radius 1 is 0.732 bits per heavy atom. The first-order valence-electron chi connectivity index (χ1n) is 14.5. The number of carbonyl (C=O) groups excluding carboxylic acids is 2. The highest BCUT2D eigenvalue weighted by Gasteiger charge is 2.51. The molecule has 2 aliphatic rings. The quantitative estimate of drug-likeness (QED) is 0.272. The third kappa shape index (κ3) is 5.53. The van der Waals surface area contributed by atoms with Gasteiger partial charge in [0, 0.05) is 5.92 Å². The van der Waals surface area contributed by atoms with Gasteiger partial charge in [0.05, 0.1) is 41.2 Å². The predicted molar refractivity (Wildman–Crippen MR) is 165 cm³/mol. The van der Waals surface area contributed by atoms with Crippen molar-refractivity contribution in [2.75, 3.05) is 16.6 Å². The molecule has 212 valence electrons. The molecule has 2 amide bonds. The molecule has 0 saturated heterocycles. The van der Waals surface area contributed by atoms with Crippen LogP contribution in [0.25, 0.3) is 0 Å². The maximum atomic E-state index is 14.3. The smallest absolute Gasteiger partial charge is 0.256 e. The van der Waals surface area contributed by atoms with Gasteiger partial charge in [0.25, 0.3) is 11.8 Å². The van der Waals surface area contributed by atoms with Crippen molar-refractivity contribution in [1.29, 1.82) is 0 Å². The van der Waals surface area contributed by atoms with E-state index >= 15 is 0 Å². The molecular formula is C34H38N4O3. The topological polar surface area (TPSA) is 74.6 Å². The zero-order chi connectivity index (χ0) is 29.1. The van der Waals surface area contributed by atoms with E-state index < -0.39 is 17.8 Å². The number of anilines is 2. The van der Waals surface area contributed by atoms with E-state index in [1.807, 2.05) is 100 Å². The zero-order valence-corrected chi connectivity index (χ0v) is 24.5. The number of hydrogen-bond acceptors (Lipinski definition) is 5. The minimum atomic E-state index is -0.619. The molecule has 0 bridgehead atoms. The van der Waals surface area contributed by atoms with E-state index in [0.29, 0.717) is 19.4 Å². The van der Waals surface area contributed by atoms with Crippen molar-refractivity contribution in [3.8, 4) is 5.75 Å². The van der Waals surface area contributed by atoms with Gasteiger partial charge in [-0.05, 0) is 75.1 Å². The maximum absolute atomic E-state index is 14.3. The zero-order valence-electron chi connectivity index (χ0n) is 24.5. The van der Waals surface area contributed by atoms with E-state index in [9.17, 15) is 9.59 Å². The van der Waals surface area contributed by atoms with Crippen LogP contribution < -0.4 is 14.8 Å². The lowest BCUT2D eigenvalue weighted by Crippen LogP contribution is -2.40. The number of ether oxygens (including phenoxy) is 1. The average molecular weight is 551 g/mol. The van der Waals surface area contributed by atoms with Crippen molar-refractivity contribution >= 4 is 34.6 Å². The van der Waals surface area contributed by atoms with Crippen LogP contribution in [0.1, 0.15) is 62.6 Å². The molecule has 7 nitrogen and oxygen atoms in total. The van der Waals surface area contributed by atoms with Crippen LogP contribution in [0.15, 0.2) is 83.0 Å². The van der Waals surface area contributed by atoms with Gasteiger partial charge in [0.2, 0.25) is 0 Å². The first-order chi connectivity index (χ1) is 19.9. The normalized spacial score (nSPS) is 19.4. The molecule has 7 heteroatoms. The van der Waals surface area contributed by atoms with E-state index in [4.69, 9.17) is 14.9 Å². The lowest BCUT2D eigenvalue weighted by Gasteiger charge is -2.29. The minimum Gasteiger partial charge on any atom is -0.494 e. The molecule has 2 unspecified atom stereocenters. The Balaban J connectivity index is 1.61. The van der Waals surface area contributed by atoms with Crippen LogP contribution in [-0.2, 0) is 9.59 Å². The second-order valence-electron chi connectivity index (χ2n) is 10.8. The van der Waals surface area contributed by atoms with E-state index in [0.717, 1.165) is 51.7 Å². The molecule has 0 N–H and O–H groups in total. The number of aryl methyl sites for hydroxylation is 2. The Labute approximate surface area is 242 Å². The molecule has 0 spiro atoms. The number of rotatable bonds is 10. The lowest BCUT2D eigenvalue weighted by molar-refractivity contribution is -0.122.